The van der Waals surface area contributed by atoms with Crippen molar-refractivity contribution in [2.24, 2.45) is 5.73 Å². The molecule has 0 amide bonds. The molecule has 1 aliphatic rings. The topological polar surface area (TPSA) is 55.5 Å². The number of nitrogens with two attached hydrogens (primary N) is 1. The maximum absolute atomic E-state index is 9.39. The summed E-state index contributed by atoms with van der Waals surface area (Å²) in [5.41, 5.74) is 6.73. The number of hydrogen-bond acceptors (Lipinski definition) is 3. The molecule has 0 saturated carbocycles. The monoisotopic (exact) mass is 201 g/mol. The standard InChI is InChI=1S/C9H11NO2.ClH/c10-7-4-5-12-9-6(7)2-1-3-8(9)11;/h1-3,7,11H,4-5,10H2;1H/t7-;/m0./s1. The molecule has 13 heavy (non-hydrogen) atoms. The van der Waals surface area contributed by atoms with E-state index in [1.807, 2.05) is 6.07 Å². The van der Waals surface area contributed by atoms with Crippen LogP contribution in [0.25, 0.3) is 0 Å². The Balaban J connectivity index is 0.000000845. The van der Waals surface area contributed by atoms with E-state index in [0.717, 1.165) is 12.0 Å². The summed E-state index contributed by atoms with van der Waals surface area (Å²) in [6.07, 6.45) is 0.816. The number of halogens is 1. The van der Waals surface area contributed by atoms with Crippen molar-refractivity contribution in [3.05, 3.63) is 23.8 Å². The largest absolute Gasteiger partial charge is 0.504 e. The molecule has 0 radical (unpaired) electrons. The van der Waals surface area contributed by atoms with Gasteiger partial charge < -0.3 is 15.6 Å². The Morgan fingerprint density at radius 3 is 2.92 bits per heavy atom. The number of hydrogen-bond donors (Lipinski definition) is 2. The van der Waals surface area contributed by atoms with Crippen LogP contribution >= 0.6 is 12.4 Å². The van der Waals surface area contributed by atoms with Crippen LogP contribution in [-0.4, -0.2) is 11.7 Å². The van der Waals surface area contributed by atoms with Crippen LogP contribution < -0.4 is 10.5 Å². The maximum Gasteiger partial charge on any atom is 0.165 e. The van der Waals surface area contributed by atoms with Gasteiger partial charge in [-0.05, 0) is 6.07 Å². The Hall–Kier alpha value is -0.930. The third kappa shape index (κ3) is 1.71. The van der Waals surface area contributed by atoms with E-state index in [-0.39, 0.29) is 24.2 Å². The molecule has 1 aliphatic heterocycles. The lowest BCUT2D eigenvalue weighted by Crippen LogP contribution is -2.20. The van der Waals surface area contributed by atoms with Crippen molar-refractivity contribution in [2.75, 3.05) is 6.61 Å². The number of ether oxygens (including phenoxy) is 1. The van der Waals surface area contributed by atoms with Gasteiger partial charge in [0.25, 0.3) is 0 Å². The zero-order valence-electron chi connectivity index (χ0n) is 7.06. The number of benzene rings is 1. The van der Waals surface area contributed by atoms with E-state index in [1.54, 1.807) is 12.1 Å². The van der Waals surface area contributed by atoms with Crippen LogP contribution in [-0.2, 0) is 0 Å². The summed E-state index contributed by atoms with van der Waals surface area (Å²) < 4.78 is 5.29. The van der Waals surface area contributed by atoms with Gasteiger partial charge in [0.05, 0.1) is 6.61 Å². The molecule has 0 aliphatic carbocycles. The second-order valence-electron chi connectivity index (χ2n) is 2.94. The first-order valence-corrected chi connectivity index (χ1v) is 3.99. The number of aromatic hydroxyl groups is 1. The van der Waals surface area contributed by atoms with E-state index in [4.69, 9.17) is 10.5 Å². The predicted octanol–water partition coefficient (Wildman–Crippen LogP) is 1.60. The molecule has 4 heteroatoms. The highest BCUT2D eigenvalue weighted by atomic mass is 35.5. The van der Waals surface area contributed by atoms with E-state index < -0.39 is 0 Å². The van der Waals surface area contributed by atoms with Crippen molar-refractivity contribution in [3.8, 4) is 11.5 Å². The van der Waals surface area contributed by atoms with Crippen molar-refractivity contribution in [1.29, 1.82) is 0 Å². The number of phenols is 1. The molecule has 1 aromatic rings. The first-order valence-electron chi connectivity index (χ1n) is 3.99. The lowest BCUT2D eigenvalue weighted by molar-refractivity contribution is 0.255. The maximum atomic E-state index is 9.39. The second-order valence-corrected chi connectivity index (χ2v) is 2.94. The minimum Gasteiger partial charge on any atom is -0.504 e. The van der Waals surface area contributed by atoms with E-state index in [9.17, 15) is 5.11 Å². The Morgan fingerprint density at radius 2 is 2.23 bits per heavy atom. The summed E-state index contributed by atoms with van der Waals surface area (Å²) in [5, 5.41) is 9.39. The Morgan fingerprint density at radius 1 is 1.46 bits per heavy atom. The van der Waals surface area contributed by atoms with Crippen LogP contribution in [0.5, 0.6) is 11.5 Å². The average Bonchev–Trinajstić information content (AvgIpc) is 2.07. The van der Waals surface area contributed by atoms with Gasteiger partial charge in [-0.3, -0.25) is 0 Å². The molecule has 3 nitrogen and oxygen atoms in total. The minimum absolute atomic E-state index is 0. The van der Waals surface area contributed by atoms with Gasteiger partial charge in [-0.25, -0.2) is 0 Å². The molecule has 0 unspecified atom stereocenters. The SMILES string of the molecule is Cl.N[C@H]1CCOc2c(O)cccc21. The Kier molecular flexibility index (Phi) is 3.01. The smallest absolute Gasteiger partial charge is 0.165 e. The molecule has 0 aromatic heterocycles. The molecular weight excluding hydrogens is 190 g/mol. The molecule has 0 spiro atoms. The molecule has 0 fully saturated rings. The first kappa shape index (κ1) is 10.2. The summed E-state index contributed by atoms with van der Waals surface area (Å²) in [6, 6.07) is 5.28. The van der Waals surface area contributed by atoms with Gasteiger partial charge in [-0.15, -0.1) is 12.4 Å². The van der Waals surface area contributed by atoms with Gasteiger partial charge >= 0.3 is 0 Å². The molecule has 72 valence electrons. The Labute approximate surface area is 82.9 Å². The molecule has 3 N–H and O–H groups in total. The van der Waals surface area contributed by atoms with Crippen molar-refractivity contribution in [3.63, 3.8) is 0 Å². The van der Waals surface area contributed by atoms with Crippen LogP contribution in [0.3, 0.4) is 0 Å². The van der Waals surface area contributed by atoms with E-state index >= 15 is 0 Å². The quantitative estimate of drug-likeness (QED) is 0.671. The minimum atomic E-state index is 0. The third-order valence-corrected chi connectivity index (χ3v) is 2.10. The highest BCUT2D eigenvalue weighted by Gasteiger charge is 2.19. The predicted molar refractivity (Wildman–Crippen MR) is 52.4 cm³/mol. The van der Waals surface area contributed by atoms with Crippen LogP contribution in [0.2, 0.25) is 0 Å². The van der Waals surface area contributed by atoms with E-state index in [2.05, 4.69) is 0 Å². The van der Waals surface area contributed by atoms with Crippen LogP contribution in [0, 0.1) is 0 Å². The first-order chi connectivity index (χ1) is 5.79. The molecule has 1 atom stereocenters. The lowest BCUT2D eigenvalue weighted by atomic mass is 10.0. The molecule has 0 saturated heterocycles. The fraction of sp³-hybridized carbons (Fsp3) is 0.333. The van der Waals surface area contributed by atoms with Gasteiger partial charge in [-0.2, -0.15) is 0 Å². The molecule has 1 aromatic carbocycles. The fourth-order valence-electron chi connectivity index (χ4n) is 1.43. The molecule has 1 heterocycles. The fourth-order valence-corrected chi connectivity index (χ4v) is 1.43. The highest BCUT2D eigenvalue weighted by Crippen LogP contribution is 2.37. The molecule has 0 bridgehead atoms. The zero-order valence-corrected chi connectivity index (χ0v) is 7.88. The normalized spacial score (nSPS) is 19.6. The summed E-state index contributed by atoms with van der Waals surface area (Å²) >= 11 is 0. The van der Waals surface area contributed by atoms with E-state index in [1.165, 1.54) is 0 Å². The van der Waals surface area contributed by atoms with Crippen LogP contribution in [0.15, 0.2) is 18.2 Å². The third-order valence-electron chi connectivity index (χ3n) is 2.10. The van der Waals surface area contributed by atoms with Gasteiger partial charge in [0.1, 0.15) is 0 Å². The number of rotatable bonds is 0. The van der Waals surface area contributed by atoms with Crippen molar-refractivity contribution < 1.29 is 9.84 Å². The van der Waals surface area contributed by atoms with Gasteiger partial charge in [0.2, 0.25) is 0 Å². The second kappa shape index (κ2) is 3.85. The summed E-state index contributed by atoms with van der Waals surface area (Å²) in [5.74, 6) is 0.735. The van der Waals surface area contributed by atoms with Crippen molar-refractivity contribution in [2.45, 2.75) is 12.5 Å². The Bertz CT molecular complexity index is 304. The van der Waals surface area contributed by atoms with Gasteiger partial charge in [0.15, 0.2) is 11.5 Å². The van der Waals surface area contributed by atoms with Crippen molar-refractivity contribution >= 4 is 12.4 Å². The summed E-state index contributed by atoms with van der Waals surface area (Å²) in [7, 11) is 0. The van der Waals surface area contributed by atoms with Crippen LogP contribution in [0.4, 0.5) is 0 Å². The number of para-hydroxylation sites is 1. The zero-order chi connectivity index (χ0) is 8.55. The number of phenolic OH excluding ortho intramolecular Hbond substituents is 1. The highest BCUT2D eigenvalue weighted by molar-refractivity contribution is 5.85. The van der Waals surface area contributed by atoms with E-state index in [0.29, 0.717) is 12.4 Å². The van der Waals surface area contributed by atoms with Gasteiger partial charge in [-0.1, -0.05) is 12.1 Å². The average molecular weight is 202 g/mol. The van der Waals surface area contributed by atoms with Gasteiger partial charge in [0, 0.05) is 18.0 Å². The summed E-state index contributed by atoms with van der Waals surface area (Å²) in [6.45, 7) is 0.589. The lowest BCUT2D eigenvalue weighted by Gasteiger charge is -2.23. The van der Waals surface area contributed by atoms with Crippen LogP contribution in [0.1, 0.15) is 18.0 Å². The number of fused-ring (bicyclic) bond motifs is 1. The molecule has 2 rings (SSSR count). The molecular formula is C9H12ClNO2. The van der Waals surface area contributed by atoms with Crippen molar-refractivity contribution in [1.82, 2.24) is 0 Å². The summed E-state index contributed by atoms with van der Waals surface area (Å²) in [4.78, 5) is 0.